The lowest BCUT2D eigenvalue weighted by Crippen LogP contribution is -2.22. The van der Waals surface area contributed by atoms with Crippen LogP contribution in [0.4, 0.5) is 11.5 Å². The number of pyridine rings is 1. The van der Waals surface area contributed by atoms with E-state index in [1.807, 2.05) is 0 Å². The van der Waals surface area contributed by atoms with Crippen LogP contribution in [0.2, 0.25) is 0 Å². The van der Waals surface area contributed by atoms with E-state index >= 15 is 0 Å². The van der Waals surface area contributed by atoms with E-state index in [9.17, 15) is 8.42 Å². The van der Waals surface area contributed by atoms with Gasteiger partial charge in [0.25, 0.3) is 0 Å². The summed E-state index contributed by atoms with van der Waals surface area (Å²) in [7, 11) is -3.29. The zero-order valence-corrected chi connectivity index (χ0v) is 10.8. The van der Waals surface area contributed by atoms with Crippen LogP contribution in [-0.2, 0) is 10.0 Å². The summed E-state index contributed by atoms with van der Waals surface area (Å²) in [5, 5.41) is 2.79. The fourth-order valence-corrected chi connectivity index (χ4v) is 1.94. The van der Waals surface area contributed by atoms with Crippen molar-refractivity contribution < 1.29 is 8.42 Å². The van der Waals surface area contributed by atoms with Crippen LogP contribution in [0.15, 0.2) is 18.3 Å². The molecular weight excluding hydrogens is 238 g/mol. The first-order chi connectivity index (χ1) is 7.97. The molecule has 17 heavy (non-hydrogen) atoms. The SMILES string of the molecule is CC(C)S(=O)(=O)Nc1ccc(NC2CC2)nc1. The van der Waals surface area contributed by atoms with Crippen LogP contribution in [0.3, 0.4) is 0 Å². The van der Waals surface area contributed by atoms with Gasteiger partial charge in [-0.1, -0.05) is 0 Å². The standard InChI is InChI=1S/C11H17N3O2S/c1-8(2)17(15,16)14-10-5-6-11(12-7-10)13-9-3-4-9/h5-9,14H,3-4H2,1-2H3,(H,12,13). The van der Waals surface area contributed by atoms with E-state index in [0.29, 0.717) is 11.7 Å². The van der Waals surface area contributed by atoms with Crippen molar-refractivity contribution >= 4 is 21.5 Å². The highest BCUT2D eigenvalue weighted by molar-refractivity contribution is 7.93. The molecule has 1 fully saturated rings. The maximum absolute atomic E-state index is 11.6. The molecule has 0 aromatic carbocycles. The van der Waals surface area contributed by atoms with Gasteiger partial charge >= 0.3 is 0 Å². The minimum Gasteiger partial charge on any atom is -0.367 e. The van der Waals surface area contributed by atoms with Crippen molar-refractivity contribution in [1.82, 2.24) is 4.98 Å². The number of anilines is 2. The average molecular weight is 255 g/mol. The summed E-state index contributed by atoms with van der Waals surface area (Å²) in [5.41, 5.74) is 0.500. The molecule has 0 saturated heterocycles. The van der Waals surface area contributed by atoms with Crippen LogP contribution in [0.5, 0.6) is 0 Å². The highest BCUT2D eigenvalue weighted by Crippen LogP contribution is 2.24. The first-order valence-corrected chi connectivity index (χ1v) is 7.26. The third-order valence-electron chi connectivity index (χ3n) is 2.57. The summed E-state index contributed by atoms with van der Waals surface area (Å²) >= 11 is 0. The van der Waals surface area contributed by atoms with Gasteiger partial charge in [-0.15, -0.1) is 0 Å². The number of hydrogen-bond donors (Lipinski definition) is 2. The van der Waals surface area contributed by atoms with Crippen molar-refractivity contribution in [2.75, 3.05) is 10.0 Å². The summed E-state index contributed by atoms with van der Waals surface area (Å²) in [4.78, 5) is 4.16. The monoisotopic (exact) mass is 255 g/mol. The van der Waals surface area contributed by atoms with Gasteiger partial charge in [0.05, 0.1) is 17.1 Å². The number of aromatic nitrogens is 1. The minimum atomic E-state index is -3.29. The van der Waals surface area contributed by atoms with Crippen molar-refractivity contribution in [3.63, 3.8) is 0 Å². The second-order valence-electron chi connectivity index (χ2n) is 4.55. The predicted molar refractivity (Wildman–Crippen MR) is 68.6 cm³/mol. The lowest BCUT2D eigenvalue weighted by Gasteiger charge is -2.11. The molecule has 1 aliphatic rings. The van der Waals surface area contributed by atoms with E-state index in [0.717, 1.165) is 5.82 Å². The van der Waals surface area contributed by atoms with E-state index in [-0.39, 0.29) is 0 Å². The zero-order valence-electron chi connectivity index (χ0n) is 9.97. The smallest absolute Gasteiger partial charge is 0.235 e. The summed E-state index contributed by atoms with van der Waals surface area (Å²) in [6.45, 7) is 3.28. The average Bonchev–Trinajstić information content (AvgIpc) is 3.04. The first kappa shape index (κ1) is 12.2. The number of sulfonamides is 1. The van der Waals surface area contributed by atoms with Gasteiger partial charge in [-0.2, -0.15) is 0 Å². The highest BCUT2D eigenvalue weighted by Gasteiger charge is 2.21. The van der Waals surface area contributed by atoms with Gasteiger partial charge in [-0.3, -0.25) is 4.72 Å². The van der Waals surface area contributed by atoms with E-state index in [1.54, 1.807) is 26.0 Å². The van der Waals surface area contributed by atoms with Gasteiger partial charge in [0.2, 0.25) is 10.0 Å². The molecule has 0 amide bonds. The van der Waals surface area contributed by atoms with Crippen LogP contribution in [0, 0.1) is 0 Å². The number of hydrogen-bond acceptors (Lipinski definition) is 4. The Balaban J connectivity index is 2.02. The summed E-state index contributed by atoms with van der Waals surface area (Å²) in [6.07, 6.45) is 3.90. The normalized spacial score (nSPS) is 15.9. The van der Waals surface area contributed by atoms with Gasteiger partial charge in [-0.25, -0.2) is 13.4 Å². The zero-order chi connectivity index (χ0) is 12.5. The number of nitrogens with one attached hydrogen (secondary N) is 2. The third kappa shape index (κ3) is 3.33. The Bertz CT molecular complexity index is 478. The van der Waals surface area contributed by atoms with Crippen LogP contribution >= 0.6 is 0 Å². The van der Waals surface area contributed by atoms with Crippen molar-refractivity contribution in [3.05, 3.63) is 18.3 Å². The van der Waals surface area contributed by atoms with Gasteiger partial charge in [0.1, 0.15) is 5.82 Å². The van der Waals surface area contributed by atoms with E-state index in [2.05, 4.69) is 15.0 Å². The molecule has 1 saturated carbocycles. The molecule has 0 spiro atoms. The second-order valence-corrected chi connectivity index (χ2v) is 6.78. The van der Waals surface area contributed by atoms with Crippen molar-refractivity contribution in [3.8, 4) is 0 Å². The van der Waals surface area contributed by atoms with E-state index in [4.69, 9.17) is 0 Å². The lowest BCUT2D eigenvalue weighted by molar-refractivity contribution is 0.593. The van der Waals surface area contributed by atoms with Crippen LogP contribution < -0.4 is 10.0 Å². The molecule has 1 aliphatic carbocycles. The number of nitrogens with zero attached hydrogens (tertiary/aromatic N) is 1. The van der Waals surface area contributed by atoms with Crippen LogP contribution in [-0.4, -0.2) is 24.7 Å². The van der Waals surface area contributed by atoms with Gasteiger partial charge in [0.15, 0.2) is 0 Å². The Kier molecular flexibility index (Phi) is 3.24. The Morgan fingerprint density at radius 2 is 2.06 bits per heavy atom. The van der Waals surface area contributed by atoms with Crippen LogP contribution in [0.1, 0.15) is 26.7 Å². The fourth-order valence-electron chi connectivity index (χ4n) is 1.26. The summed E-state index contributed by atoms with van der Waals surface area (Å²) < 4.78 is 25.7. The summed E-state index contributed by atoms with van der Waals surface area (Å²) in [5.74, 6) is 0.792. The first-order valence-electron chi connectivity index (χ1n) is 5.71. The Labute approximate surface area is 102 Å². The molecule has 1 heterocycles. The maximum atomic E-state index is 11.6. The van der Waals surface area contributed by atoms with E-state index in [1.165, 1.54) is 19.0 Å². The van der Waals surface area contributed by atoms with Crippen molar-refractivity contribution in [1.29, 1.82) is 0 Å². The van der Waals surface area contributed by atoms with Crippen LogP contribution in [0.25, 0.3) is 0 Å². The molecule has 2 rings (SSSR count). The molecule has 1 aromatic rings. The second kappa shape index (κ2) is 4.52. The maximum Gasteiger partial charge on any atom is 0.235 e. The molecule has 0 radical (unpaired) electrons. The number of rotatable bonds is 5. The topological polar surface area (TPSA) is 71.1 Å². The quantitative estimate of drug-likeness (QED) is 0.841. The lowest BCUT2D eigenvalue weighted by atomic mass is 10.4. The van der Waals surface area contributed by atoms with Crippen molar-refractivity contribution in [2.45, 2.75) is 38.0 Å². The molecule has 0 bridgehead atoms. The third-order valence-corrected chi connectivity index (χ3v) is 4.33. The van der Waals surface area contributed by atoms with Gasteiger partial charge in [-0.05, 0) is 38.8 Å². The molecular formula is C11H17N3O2S. The molecule has 0 atom stereocenters. The van der Waals surface area contributed by atoms with Gasteiger partial charge < -0.3 is 5.32 Å². The molecule has 1 aromatic heterocycles. The van der Waals surface area contributed by atoms with Crippen molar-refractivity contribution in [2.24, 2.45) is 0 Å². The molecule has 2 N–H and O–H groups in total. The summed E-state index contributed by atoms with van der Waals surface area (Å²) in [6, 6.07) is 4.05. The Morgan fingerprint density at radius 3 is 2.53 bits per heavy atom. The predicted octanol–water partition coefficient (Wildman–Crippen LogP) is 1.81. The van der Waals surface area contributed by atoms with Gasteiger partial charge in [0, 0.05) is 6.04 Å². The largest absolute Gasteiger partial charge is 0.367 e. The Morgan fingerprint density at radius 1 is 1.35 bits per heavy atom. The van der Waals surface area contributed by atoms with E-state index < -0.39 is 15.3 Å². The highest BCUT2D eigenvalue weighted by atomic mass is 32.2. The fraction of sp³-hybridized carbons (Fsp3) is 0.545. The Hall–Kier alpha value is -1.30. The molecule has 0 aliphatic heterocycles. The minimum absolute atomic E-state index is 0.452. The molecule has 5 nitrogen and oxygen atoms in total. The molecule has 94 valence electrons. The molecule has 0 unspecified atom stereocenters. The molecule has 6 heteroatoms.